The van der Waals surface area contributed by atoms with Crippen LogP contribution in [0.25, 0.3) is 17.1 Å². The minimum atomic E-state index is -4.50. The monoisotopic (exact) mass is 304 g/mol. The van der Waals surface area contributed by atoms with Gasteiger partial charge in [0, 0.05) is 5.56 Å². The second-order valence-corrected chi connectivity index (χ2v) is 4.60. The third-order valence-corrected chi connectivity index (χ3v) is 3.17. The molecule has 0 fully saturated rings. The molecule has 0 aliphatic rings. The first kappa shape index (κ1) is 14.1. The highest BCUT2D eigenvalue weighted by atomic mass is 19.4. The first-order chi connectivity index (χ1) is 10.5. The molecule has 0 bridgehead atoms. The van der Waals surface area contributed by atoms with Gasteiger partial charge in [-0.15, -0.1) is 10.2 Å². The molecule has 4 nitrogen and oxygen atoms in total. The molecule has 0 saturated heterocycles. The van der Waals surface area contributed by atoms with Crippen LogP contribution in [0.15, 0.2) is 54.6 Å². The van der Waals surface area contributed by atoms with Gasteiger partial charge in [0.15, 0.2) is 5.82 Å². The molecule has 0 amide bonds. The fourth-order valence-corrected chi connectivity index (χ4v) is 2.22. The zero-order valence-corrected chi connectivity index (χ0v) is 11.2. The van der Waals surface area contributed by atoms with Crippen LogP contribution in [-0.4, -0.2) is 14.8 Å². The quantitative estimate of drug-likeness (QED) is 0.788. The van der Waals surface area contributed by atoms with Gasteiger partial charge in [-0.3, -0.25) is 4.57 Å². The summed E-state index contributed by atoms with van der Waals surface area (Å²) in [5.41, 5.74) is 5.48. The van der Waals surface area contributed by atoms with Crippen LogP contribution >= 0.6 is 0 Å². The molecule has 1 aromatic heterocycles. The van der Waals surface area contributed by atoms with Crippen molar-refractivity contribution < 1.29 is 13.2 Å². The normalized spacial score (nSPS) is 11.6. The van der Waals surface area contributed by atoms with Crippen LogP contribution in [0.2, 0.25) is 0 Å². The summed E-state index contributed by atoms with van der Waals surface area (Å²) in [6.07, 6.45) is -4.50. The smallest absolute Gasteiger partial charge is 0.368 e. The molecule has 0 aliphatic carbocycles. The van der Waals surface area contributed by atoms with Crippen LogP contribution in [0.5, 0.6) is 0 Å². The number of nitrogens with zero attached hydrogens (tertiary/aromatic N) is 3. The second kappa shape index (κ2) is 5.18. The summed E-state index contributed by atoms with van der Waals surface area (Å²) in [5, 5.41) is 7.62. The van der Waals surface area contributed by atoms with Crippen molar-refractivity contribution in [1.29, 1.82) is 0 Å². The van der Waals surface area contributed by atoms with Crippen molar-refractivity contribution in [3.8, 4) is 17.1 Å². The van der Waals surface area contributed by atoms with Crippen LogP contribution in [0.4, 0.5) is 19.1 Å². The average molecular weight is 304 g/mol. The molecule has 7 heteroatoms. The molecule has 0 atom stereocenters. The van der Waals surface area contributed by atoms with Gasteiger partial charge in [0.2, 0.25) is 5.95 Å². The standard InChI is InChI=1S/C15H11F3N4/c16-15(17,18)11-8-4-5-9-12(11)22-13(20-21-14(22)19)10-6-2-1-3-7-10/h1-9H,(H2,19,21). The fourth-order valence-electron chi connectivity index (χ4n) is 2.22. The molecule has 2 aromatic carbocycles. The number of aromatic nitrogens is 3. The Morgan fingerprint density at radius 3 is 2.18 bits per heavy atom. The molecular weight excluding hydrogens is 293 g/mol. The maximum atomic E-state index is 13.2. The summed E-state index contributed by atoms with van der Waals surface area (Å²) < 4.78 is 40.8. The van der Waals surface area contributed by atoms with Crippen molar-refractivity contribution in [2.75, 3.05) is 5.73 Å². The van der Waals surface area contributed by atoms with Crippen molar-refractivity contribution in [1.82, 2.24) is 14.8 Å². The third-order valence-electron chi connectivity index (χ3n) is 3.17. The van der Waals surface area contributed by atoms with Gasteiger partial charge in [-0.2, -0.15) is 13.2 Å². The Balaban J connectivity index is 2.25. The topological polar surface area (TPSA) is 56.7 Å². The van der Waals surface area contributed by atoms with Gasteiger partial charge in [0.1, 0.15) is 0 Å². The van der Waals surface area contributed by atoms with Crippen molar-refractivity contribution in [2.24, 2.45) is 0 Å². The van der Waals surface area contributed by atoms with Gasteiger partial charge in [0.05, 0.1) is 11.3 Å². The van der Waals surface area contributed by atoms with E-state index in [9.17, 15) is 13.2 Å². The van der Waals surface area contributed by atoms with Crippen LogP contribution in [0.3, 0.4) is 0 Å². The number of alkyl halides is 3. The van der Waals surface area contributed by atoms with Gasteiger partial charge < -0.3 is 5.73 Å². The SMILES string of the molecule is Nc1nnc(-c2ccccc2)n1-c1ccccc1C(F)(F)F. The van der Waals surface area contributed by atoms with E-state index in [2.05, 4.69) is 10.2 Å². The highest BCUT2D eigenvalue weighted by Gasteiger charge is 2.34. The number of halogens is 3. The molecular formula is C15H11F3N4. The Morgan fingerprint density at radius 2 is 1.50 bits per heavy atom. The summed E-state index contributed by atoms with van der Waals surface area (Å²) in [4.78, 5) is 0. The van der Waals surface area contributed by atoms with E-state index in [4.69, 9.17) is 5.73 Å². The van der Waals surface area contributed by atoms with E-state index in [0.717, 1.165) is 6.07 Å². The Morgan fingerprint density at radius 1 is 0.864 bits per heavy atom. The molecule has 2 N–H and O–H groups in total. The van der Waals surface area contributed by atoms with Gasteiger partial charge in [0.25, 0.3) is 0 Å². The molecule has 3 rings (SSSR count). The van der Waals surface area contributed by atoms with Crippen LogP contribution in [0.1, 0.15) is 5.56 Å². The maximum Gasteiger partial charge on any atom is 0.418 e. The predicted molar refractivity (Wildman–Crippen MR) is 76.2 cm³/mol. The molecule has 0 radical (unpaired) electrons. The Kier molecular flexibility index (Phi) is 3.32. The largest absolute Gasteiger partial charge is 0.418 e. The summed E-state index contributed by atoms with van der Waals surface area (Å²) in [6.45, 7) is 0. The lowest BCUT2D eigenvalue weighted by molar-refractivity contribution is -0.137. The number of benzene rings is 2. The molecule has 0 aliphatic heterocycles. The minimum absolute atomic E-state index is 0.101. The number of nitrogen functional groups attached to an aromatic ring is 1. The summed E-state index contributed by atoms with van der Waals surface area (Å²) >= 11 is 0. The van der Waals surface area contributed by atoms with Gasteiger partial charge in [-0.1, -0.05) is 42.5 Å². The highest BCUT2D eigenvalue weighted by Crippen LogP contribution is 2.36. The van der Waals surface area contributed by atoms with E-state index in [1.54, 1.807) is 30.3 Å². The minimum Gasteiger partial charge on any atom is -0.368 e. The Labute approximate surface area is 124 Å². The summed E-state index contributed by atoms with van der Waals surface area (Å²) in [5.74, 6) is 0.158. The van der Waals surface area contributed by atoms with Gasteiger partial charge >= 0.3 is 6.18 Å². The molecule has 0 saturated carbocycles. The maximum absolute atomic E-state index is 13.2. The van der Waals surface area contributed by atoms with E-state index < -0.39 is 11.7 Å². The first-order valence-corrected chi connectivity index (χ1v) is 6.41. The van der Waals surface area contributed by atoms with Crippen molar-refractivity contribution in [3.05, 3.63) is 60.2 Å². The summed E-state index contributed by atoms with van der Waals surface area (Å²) in [6, 6.07) is 14.0. The van der Waals surface area contributed by atoms with Crippen molar-refractivity contribution in [3.63, 3.8) is 0 Å². The van der Waals surface area contributed by atoms with Crippen LogP contribution < -0.4 is 5.73 Å². The Bertz CT molecular complexity index is 794. The fraction of sp³-hybridized carbons (Fsp3) is 0.0667. The summed E-state index contributed by atoms with van der Waals surface area (Å²) in [7, 11) is 0. The number of hydrogen-bond acceptors (Lipinski definition) is 3. The molecule has 112 valence electrons. The lowest BCUT2D eigenvalue weighted by Gasteiger charge is -2.15. The third kappa shape index (κ3) is 2.41. The molecule has 0 spiro atoms. The van der Waals surface area contributed by atoms with E-state index in [1.807, 2.05) is 0 Å². The number of anilines is 1. The zero-order chi connectivity index (χ0) is 15.7. The predicted octanol–water partition coefficient (Wildman–Crippen LogP) is 3.54. The van der Waals surface area contributed by atoms with Crippen LogP contribution in [-0.2, 0) is 6.18 Å². The highest BCUT2D eigenvalue weighted by molar-refractivity contribution is 5.62. The Hall–Kier alpha value is -2.83. The van der Waals surface area contributed by atoms with E-state index in [0.29, 0.717) is 5.56 Å². The van der Waals surface area contributed by atoms with Gasteiger partial charge in [-0.05, 0) is 12.1 Å². The first-order valence-electron chi connectivity index (χ1n) is 6.41. The number of hydrogen-bond donors (Lipinski definition) is 1. The van der Waals surface area contributed by atoms with Crippen LogP contribution in [0, 0.1) is 0 Å². The average Bonchev–Trinajstić information content (AvgIpc) is 2.89. The molecule has 22 heavy (non-hydrogen) atoms. The zero-order valence-electron chi connectivity index (χ0n) is 11.2. The van der Waals surface area contributed by atoms with Crippen molar-refractivity contribution in [2.45, 2.75) is 6.18 Å². The lowest BCUT2D eigenvalue weighted by atomic mass is 10.1. The number of para-hydroxylation sites is 1. The van der Waals surface area contributed by atoms with E-state index >= 15 is 0 Å². The second-order valence-electron chi connectivity index (χ2n) is 4.60. The number of rotatable bonds is 2. The lowest BCUT2D eigenvalue weighted by Crippen LogP contribution is -2.12. The van der Waals surface area contributed by atoms with E-state index in [1.165, 1.54) is 22.8 Å². The van der Waals surface area contributed by atoms with Gasteiger partial charge in [-0.25, -0.2) is 0 Å². The van der Waals surface area contributed by atoms with E-state index in [-0.39, 0.29) is 17.5 Å². The molecule has 0 unspecified atom stereocenters. The molecule has 1 heterocycles. The number of nitrogens with two attached hydrogens (primary N) is 1. The molecule has 3 aromatic rings. The van der Waals surface area contributed by atoms with Crippen molar-refractivity contribution >= 4 is 5.95 Å².